The number of carbonyl (C=O) groups excluding carboxylic acids is 2. The van der Waals surface area contributed by atoms with Crippen molar-refractivity contribution >= 4 is 27.7 Å². The number of carbonyl (C=O) groups is 2. The first-order valence-electron chi connectivity index (χ1n) is 11.4. The van der Waals surface area contributed by atoms with Crippen molar-refractivity contribution in [3.8, 4) is 5.75 Å². The van der Waals surface area contributed by atoms with Crippen molar-refractivity contribution in [2.75, 3.05) is 39.1 Å². The molecule has 0 saturated heterocycles. The average Bonchev–Trinajstić information content (AvgIpc) is 2.83. The van der Waals surface area contributed by atoms with Crippen LogP contribution in [0.3, 0.4) is 0 Å². The van der Waals surface area contributed by atoms with Crippen molar-refractivity contribution in [1.29, 1.82) is 0 Å². The van der Waals surface area contributed by atoms with E-state index in [2.05, 4.69) is 5.32 Å². The van der Waals surface area contributed by atoms with Gasteiger partial charge < -0.3 is 15.0 Å². The Kier molecular flexibility index (Phi) is 9.67. The number of aryl methyl sites for hydroxylation is 2. The fourth-order valence-electron chi connectivity index (χ4n) is 3.74. The standard InChI is InChI=1S/C25H36N4O5S/c1-8-22(25(31)26-4)28(16-20-10-9-11-21(15-20)34-7)24(30)17-29(35(32,33)27(5)6)23-14-18(2)12-13-19(23)3/h9-15,22H,8,16-17H2,1-7H3,(H,26,31). The van der Waals surface area contributed by atoms with E-state index in [1.807, 2.05) is 32.0 Å². The molecule has 0 heterocycles. The molecule has 0 fully saturated rings. The topological polar surface area (TPSA) is 99.3 Å². The molecule has 2 rings (SSSR count). The van der Waals surface area contributed by atoms with Crippen molar-refractivity contribution in [2.45, 2.75) is 39.8 Å². The van der Waals surface area contributed by atoms with E-state index in [1.165, 1.54) is 26.0 Å². The first-order chi connectivity index (χ1) is 16.5. The molecule has 35 heavy (non-hydrogen) atoms. The van der Waals surface area contributed by atoms with Gasteiger partial charge in [0.05, 0.1) is 12.8 Å². The van der Waals surface area contributed by atoms with Gasteiger partial charge in [0.25, 0.3) is 0 Å². The summed E-state index contributed by atoms with van der Waals surface area (Å²) in [6.07, 6.45) is 0.360. The molecule has 0 spiro atoms. The summed E-state index contributed by atoms with van der Waals surface area (Å²) in [4.78, 5) is 27.9. The molecule has 1 atom stereocenters. The average molecular weight is 505 g/mol. The molecule has 0 aliphatic rings. The summed E-state index contributed by atoms with van der Waals surface area (Å²) in [7, 11) is 1.90. The highest BCUT2D eigenvalue weighted by Crippen LogP contribution is 2.26. The minimum absolute atomic E-state index is 0.116. The van der Waals surface area contributed by atoms with Crippen LogP contribution < -0.4 is 14.4 Å². The molecule has 0 aliphatic heterocycles. The third kappa shape index (κ3) is 6.73. The van der Waals surface area contributed by atoms with Gasteiger partial charge in [0.15, 0.2) is 0 Å². The van der Waals surface area contributed by atoms with Crippen molar-refractivity contribution in [3.05, 3.63) is 59.2 Å². The number of likely N-dealkylation sites (N-methyl/N-ethyl adjacent to an activating group) is 1. The molecule has 2 aromatic rings. The molecule has 2 amide bonds. The first-order valence-corrected chi connectivity index (χ1v) is 12.8. The Balaban J connectivity index is 2.55. The minimum atomic E-state index is -4.00. The fraction of sp³-hybridized carbons (Fsp3) is 0.440. The van der Waals surface area contributed by atoms with Crippen LogP contribution in [0.2, 0.25) is 0 Å². The third-order valence-corrected chi connectivity index (χ3v) is 7.58. The highest BCUT2D eigenvalue weighted by Gasteiger charge is 2.34. The Bertz CT molecular complexity index is 1150. The second-order valence-electron chi connectivity index (χ2n) is 8.50. The van der Waals surface area contributed by atoms with Gasteiger partial charge in [-0.1, -0.05) is 31.2 Å². The largest absolute Gasteiger partial charge is 0.497 e. The summed E-state index contributed by atoms with van der Waals surface area (Å²) in [5.41, 5.74) is 2.75. The molecule has 9 nitrogen and oxygen atoms in total. The second-order valence-corrected chi connectivity index (χ2v) is 10.6. The lowest BCUT2D eigenvalue weighted by Crippen LogP contribution is -2.53. The van der Waals surface area contributed by atoms with Gasteiger partial charge in [0.2, 0.25) is 11.8 Å². The number of ether oxygens (including phenoxy) is 1. The van der Waals surface area contributed by atoms with E-state index in [1.54, 1.807) is 38.3 Å². The molecule has 1 unspecified atom stereocenters. The van der Waals surface area contributed by atoms with Crippen LogP contribution in [0, 0.1) is 13.8 Å². The Labute approximate surface area is 208 Å². The Morgan fingerprint density at radius 2 is 1.77 bits per heavy atom. The van der Waals surface area contributed by atoms with Crippen molar-refractivity contribution in [1.82, 2.24) is 14.5 Å². The smallest absolute Gasteiger partial charge is 0.304 e. The molecular formula is C25H36N4O5S. The number of nitrogens with one attached hydrogen (secondary N) is 1. The predicted molar refractivity (Wildman–Crippen MR) is 138 cm³/mol. The lowest BCUT2D eigenvalue weighted by molar-refractivity contribution is -0.140. The van der Waals surface area contributed by atoms with Gasteiger partial charge in [-0.25, -0.2) is 4.31 Å². The molecule has 192 valence electrons. The van der Waals surface area contributed by atoms with Gasteiger partial charge in [-0.2, -0.15) is 12.7 Å². The predicted octanol–water partition coefficient (Wildman–Crippen LogP) is 2.48. The quantitative estimate of drug-likeness (QED) is 0.507. The summed E-state index contributed by atoms with van der Waals surface area (Å²) in [6, 6.07) is 11.9. The van der Waals surface area contributed by atoms with Gasteiger partial charge in [-0.3, -0.25) is 9.59 Å². The second kappa shape index (κ2) is 12.0. The van der Waals surface area contributed by atoms with Gasteiger partial charge in [0, 0.05) is 27.7 Å². The molecule has 0 radical (unpaired) electrons. The molecule has 0 saturated carbocycles. The van der Waals surface area contributed by atoms with Crippen LogP contribution in [0.5, 0.6) is 5.75 Å². The fourth-order valence-corrected chi connectivity index (χ4v) is 4.86. The number of methoxy groups -OCH3 is 1. The molecular weight excluding hydrogens is 468 g/mol. The summed E-state index contributed by atoms with van der Waals surface area (Å²) in [6.45, 7) is 5.13. The maximum Gasteiger partial charge on any atom is 0.304 e. The Morgan fingerprint density at radius 3 is 2.34 bits per heavy atom. The van der Waals surface area contributed by atoms with Gasteiger partial charge in [-0.15, -0.1) is 0 Å². The van der Waals surface area contributed by atoms with Crippen LogP contribution in [0.25, 0.3) is 0 Å². The number of anilines is 1. The number of amides is 2. The summed E-state index contributed by atoms with van der Waals surface area (Å²) in [5.74, 6) is -0.192. The number of hydrogen-bond acceptors (Lipinski definition) is 5. The number of nitrogens with zero attached hydrogens (tertiary/aromatic N) is 3. The molecule has 2 aromatic carbocycles. The zero-order chi connectivity index (χ0) is 26.3. The Hall–Kier alpha value is -3.11. The van der Waals surface area contributed by atoms with Gasteiger partial charge >= 0.3 is 10.2 Å². The SMILES string of the molecule is CCC(C(=O)NC)N(Cc1cccc(OC)c1)C(=O)CN(c1cc(C)ccc1C)S(=O)(=O)N(C)C. The van der Waals surface area contributed by atoms with Crippen LogP contribution in [0.15, 0.2) is 42.5 Å². The van der Waals surface area contributed by atoms with Crippen LogP contribution in [0.1, 0.15) is 30.0 Å². The van der Waals surface area contributed by atoms with Crippen molar-refractivity contribution in [2.24, 2.45) is 0 Å². The summed E-state index contributed by atoms with van der Waals surface area (Å²) < 4.78 is 34.1. The van der Waals surface area contributed by atoms with E-state index in [4.69, 9.17) is 4.74 Å². The number of benzene rings is 2. The third-order valence-electron chi connectivity index (χ3n) is 5.77. The number of hydrogen-bond donors (Lipinski definition) is 1. The van der Waals surface area contributed by atoms with E-state index in [-0.39, 0.29) is 12.5 Å². The lowest BCUT2D eigenvalue weighted by Gasteiger charge is -2.34. The van der Waals surface area contributed by atoms with E-state index in [9.17, 15) is 18.0 Å². The minimum Gasteiger partial charge on any atom is -0.497 e. The monoisotopic (exact) mass is 504 g/mol. The summed E-state index contributed by atoms with van der Waals surface area (Å²) in [5, 5.41) is 2.61. The Morgan fingerprint density at radius 1 is 1.09 bits per heavy atom. The van der Waals surface area contributed by atoms with Crippen molar-refractivity contribution < 1.29 is 22.7 Å². The lowest BCUT2D eigenvalue weighted by atomic mass is 10.1. The highest BCUT2D eigenvalue weighted by atomic mass is 32.2. The maximum absolute atomic E-state index is 13.8. The normalized spacial score (nSPS) is 12.2. The molecule has 0 aromatic heterocycles. The highest BCUT2D eigenvalue weighted by molar-refractivity contribution is 7.90. The van der Waals surface area contributed by atoms with E-state index < -0.39 is 28.7 Å². The summed E-state index contributed by atoms with van der Waals surface area (Å²) >= 11 is 0. The van der Waals surface area contributed by atoms with Crippen LogP contribution in [-0.2, 0) is 26.3 Å². The van der Waals surface area contributed by atoms with E-state index in [0.29, 0.717) is 23.4 Å². The zero-order valence-corrected chi connectivity index (χ0v) is 22.3. The van der Waals surface area contributed by atoms with Crippen LogP contribution >= 0.6 is 0 Å². The molecule has 1 N–H and O–H groups in total. The van der Waals surface area contributed by atoms with E-state index in [0.717, 1.165) is 19.7 Å². The molecule has 0 bridgehead atoms. The van der Waals surface area contributed by atoms with Crippen molar-refractivity contribution in [3.63, 3.8) is 0 Å². The number of rotatable bonds is 11. The van der Waals surface area contributed by atoms with Gasteiger partial charge in [0.1, 0.15) is 18.3 Å². The van der Waals surface area contributed by atoms with Gasteiger partial charge in [-0.05, 0) is 55.2 Å². The van der Waals surface area contributed by atoms with Crippen LogP contribution in [0.4, 0.5) is 5.69 Å². The first kappa shape index (κ1) is 28.1. The van der Waals surface area contributed by atoms with Crippen LogP contribution in [-0.4, -0.2) is 70.3 Å². The van der Waals surface area contributed by atoms with E-state index >= 15 is 0 Å². The molecule has 0 aliphatic carbocycles. The maximum atomic E-state index is 13.8. The zero-order valence-electron chi connectivity index (χ0n) is 21.5. The molecule has 10 heteroatoms.